The first-order valence-corrected chi connectivity index (χ1v) is 8.42. The molecule has 108 valence electrons. The topological polar surface area (TPSA) is 29.3 Å². The van der Waals surface area contributed by atoms with Gasteiger partial charge in [0.15, 0.2) is 0 Å². The van der Waals surface area contributed by atoms with Gasteiger partial charge in [0.25, 0.3) is 0 Å². The highest BCUT2D eigenvalue weighted by Crippen LogP contribution is 2.22. The third kappa shape index (κ3) is 5.07. The quantitative estimate of drug-likeness (QED) is 0.829. The van der Waals surface area contributed by atoms with E-state index in [0.717, 1.165) is 6.42 Å². The maximum atomic E-state index is 5.88. The number of benzene rings is 1. The van der Waals surface area contributed by atoms with Crippen LogP contribution in [0.3, 0.4) is 0 Å². The first-order valence-electron chi connectivity index (χ1n) is 7.02. The Morgan fingerprint density at radius 3 is 2.53 bits per heavy atom. The van der Waals surface area contributed by atoms with Gasteiger partial charge in [-0.2, -0.15) is 11.8 Å². The lowest BCUT2D eigenvalue weighted by Gasteiger charge is -2.27. The molecule has 3 heteroatoms. The van der Waals surface area contributed by atoms with Gasteiger partial charge in [-0.1, -0.05) is 6.07 Å². The molecular weight excluding hydrogens is 252 g/mol. The average molecular weight is 280 g/mol. The monoisotopic (exact) mass is 280 g/mol. The smallest absolute Gasteiger partial charge is 0.0368 e. The summed E-state index contributed by atoms with van der Waals surface area (Å²) in [5, 5.41) is 0. The van der Waals surface area contributed by atoms with E-state index in [1.807, 2.05) is 11.8 Å². The molecule has 0 aliphatic heterocycles. The first kappa shape index (κ1) is 16.4. The molecule has 0 heterocycles. The van der Waals surface area contributed by atoms with Gasteiger partial charge in [-0.15, -0.1) is 0 Å². The molecular formula is C16H28N2S. The summed E-state index contributed by atoms with van der Waals surface area (Å²) in [5.41, 5.74) is 9.90. The van der Waals surface area contributed by atoms with Crippen LogP contribution < -0.4 is 10.6 Å². The molecule has 0 amide bonds. The van der Waals surface area contributed by atoms with E-state index in [9.17, 15) is 0 Å². The standard InChI is InChI=1S/C16H28N2S/c1-12-10-16(7-6-15(12)11-13(2)17)18(4)14(3)8-9-19-5/h6-7,10,13-14H,8-9,11,17H2,1-5H3. The summed E-state index contributed by atoms with van der Waals surface area (Å²) < 4.78 is 0. The highest BCUT2D eigenvalue weighted by atomic mass is 32.2. The molecule has 0 fully saturated rings. The van der Waals surface area contributed by atoms with Crippen molar-refractivity contribution in [2.45, 2.75) is 45.7 Å². The second kappa shape index (κ2) is 7.81. The van der Waals surface area contributed by atoms with E-state index in [0.29, 0.717) is 6.04 Å². The summed E-state index contributed by atoms with van der Waals surface area (Å²) in [7, 11) is 2.19. The van der Waals surface area contributed by atoms with E-state index in [-0.39, 0.29) is 6.04 Å². The summed E-state index contributed by atoms with van der Waals surface area (Å²) >= 11 is 1.91. The predicted molar refractivity (Wildman–Crippen MR) is 89.4 cm³/mol. The van der Waals surface area contributed by atoms with Gasteiger partial charge in [-0.05, 0) is 68.9 Å². The number of aryl methyl sites for hydroxylation is 1. The summed E-state index contributed by atoms with van der Waals surface area (Å²) in [6, 6.07) is 7.54. The molecule has 0 aromatic heterocycles. The van der Waals surface area contributed by atoms with Gasteiger partial charge < -0.3 is 10.6 Å². The number of anilines is 1. The number of nitrogens with two attached hydrogens (primary N) is 1. The Hall–Kier alpha value is -0.670. The number of thioether (sulfide) groups is 1. The lowest BCUT2D eigenvalue weighted by Crippen LogP contribution is -2.29. The molecule has 0 bridgehead atoms. The molecule has 1 aromatic rings. The Bertz CT molecular complexity index is 390. The Labute approximate surface area is 122 Å². The zero-order valence-electron chi connectivity index (χ0n) is 12.9. The zero-order chi connectivity index (χ0) is 14.4. The van der Waals surface area contributed by atoms with Crippen LogP contribution in [-0.4, -0.2) is 31.1 Å². The highest BCUT2D eigenvalue weighted by Gasteiger charge is 2.11. The average Bonchev–Trinajstić information content (AvgIpc) is 2.37. The van der Waals surface area contributed by atoms with Crippen molar-refractivity contribution in [2.24, 2.45) is 5.73 Å². The van der Waals surface area contributed by atoms with E-state index in [1.165, 1.54) is 29.0 Å². The summed E-state index contributed by atoms with van der Waals surface area (Å²) in [6.45, 7) is 6.53. The van der Waals surface area contributed by atoms with Crippen LogP contribution in [0.25, 0.3) is 0 Å². The molecule has 2 atom stereocenters. The predicted octanol–water partition coefficient (Wildman–Crippen LogP) is 3.46. The van der Waals surface area contributed by atoms with Crippen molar-refractivity contribution in [2.75, 3.05) is 24.0 Å². The Balaban J connectivity index is 2.76. The first-order chi connectivity index (χ1) is 8.95. The van der Waals surface area contributed by atoms with Crippen LogP contribution in [-0.2, 0) is 6.42 Å². The molecule has 0 spiro atoms. The van der Waals surface area contributed by atoms with Crippen LogP contribution in [0, 0.1) is 6.92 Å². The molecule has 1 aromatic carbocycles. The van der Waals surface area contributed by atoms with Crippen molar-refractivity contribution in [3.8, 4) is 0 Å². The molecule has 0 aliphatic rings. The molecule has 0 aliphatic carbocycles. The maximum Gasteiger partial charge on any atom is 0.0368 e. The van der Waals surface area contributed by atoms with Crippen molar-refractivity contribution in [1.29, 1.82) is 0 Å². The zero-order valence-corrected chi connectivity index (χ0v) is 13.8. The van der Waals surface area contributed by atoms with Crippen LogP contribution in [0.15, 0.2) is 18.2 Å². The molecule has 2 unspecified atom stereocenters. The number of hydrogen-bond acceptors (Lipinski definition) is 3. The van der Waals surface area contributed by atoms with Crippen LogP contribution in [0.2, 0.25) is 0 Å². The van der Waals surface area contributed by atoms with E-state index in [4.69, 9.17) is 5.73 Å². The van der Waals surface area contributed by atoms with Crippen molar-refractivity contribution < 1.29 is 0 Å². The van der Waals surface area contributed by atoms with Crippen LogP contribution >= 0.6 is 11.8 Å². The van der Waals surface area contributed by atoms with Crippen LogP contribution in [0.5, 0.6) is 0 Å². The summed E-state index contributed by atoms with van der Waals surface area (Å²) in [5.74, 6) is 1.22. The van der Waals surface area contributed by atoms with Gasteiger partial charge in [0.05, 0.1) is 0 Å². The van der Waals surface area contributed by atoms with Crippen molar-refractivity contribution in [1.82, 2.24) is 0 Å². The lowest BCUT2D eigenvalue weighted by atomic mass is 10.0. The molecule has 0 saturated carbocycles. The van der Waals surface area contributed by atoms with Gasteiger partial charge in [-0.25, -0.2) is 0 Å². The van der Waals surface area contributed by atoms with Crippen LogP contribution in [0.1, 0.15) is 31.4 Å². The van der Waals surface area contributed by atoms with Crippen molar-refractivity contribution in [3.05, 3.63) is 29.3 Å². The fraction of sp³-hybridized carbons (Fsp3) is 0.625. The van der Waals surface area contributed by atoms with E-state index in [2.05, 4.69) is 57.2 Å². The van der Waals surface area contributed by atoms with Gasteiger partial charge in [0.1, 0.15) is 0 Å². The van der Waals surface area contributed by atoms with Gasteiger partial charge >= 0.3 is 0 Å². The number of hydrogen-bond donors (Lipinski definition) is 1. The molecule has 19 heavy (non-hydrogen) atoms. The number of rotatable bonds is 7. The minimum atomic E-state index is 0.225. The summed E-state index contributed by atoms with van der Waals surface area (Å²) in [4.78, 5) is 2.37. The summed E-state index contributed by atoms with van der Waals surface area (Å²) in [6.07, 6.45) is 4.34. The third-order valence-electron chi connectivity index (χ3n) is 3.68. The van der Waals surface area contributed by atoms with Gasteiger partial charge in [-0.3, -0.25) is 0 Å². The maximum absolute atomic E-state index is 5.88. The third-order valence-corrected chi connectivity index (χ3v) is 4.32. The van der Waals surface area contributed by atoms with Crippen molar-refractivity contribution in [3.63, 3.8) is 0 Å². The molecule has 2 nitrogen and oxygen atoms in total. The molecule has 2 N–H and O–H groups in total. The van der Waals surface area contributed by atoms with Gasteiger partial charge in [0.2, 0.25) is 0 Å². The minimum absolute atomic E-state index is 0.225. The Morgan fingerprint density at radius 2 is 2.00 bits per heavy atom. The Kier molecular flexibility index (Phi) is 6.73. The van der Waals surface area contributed by atoms with Gasteiger partial charge in [0, 0.05) is 24.8 Å². The van der Waals surface area contributed by atoms with Crippen LogP contribution in [0.4, 0.5) is 5.69 Å². The second-order valence-electron chi connectivity index (χ2n) is 5.53. The molecule has 1 rings (SSSR count). The highest BCUT2D eigenvalue weighted by molar-refractivity contribution is 7.98. The SMILES string of the molecule is CSCCC(C)N(C)c1ccc(CC(C)N)c(C)c1. The van der Waals surface area contributed by atoms with E-state index < -0.39 is 0 Å². The van der Waals surface area contributed by atoms with E-state index in [1.54, 1.807) is 0 Å². The number of nitrogens with zero attached hydrogens (tertiary/aromatic N) is 1. The second-order valence-corrected chi connectivity index (χ2v) is 6.52. The normalized spacial score (nSPS) is 14.2. The Morgan fingerprint density at radius 1 is 1.32 bits per heavy atom. The fourth-order valence-corrected chi connectivity index (χ4v) is 2.79. The van der Waals surface area contributed by atoms with E-state index >= 15 is 0 Å². The largest absolute Gasteiger partial charge is 0.372 e. The lowest BCUT2D eigenvalue weighted by molar-refractivity contribution is 0.668. The molecule has 0 saturated heterocycles. The molecule has 0 radical (unpaired) electrons. The van der Waals surface area contributed by atoms with Crippen molar-refractivity contribution >= 4 is 17.4 Å². The fourth-order valence-electron chi connectivity index (χ4n) is 2.21. The minimum Gasteiger partial charge on any atom is -0.372 e.